The second-order valence-corrected chi connectivity index (χ2v) is 10.9. The molecule has 2 fully saturated rings. The van der Waals surface area contributed by atoms with Gasteiger partial charge in [-0.15, -0.1) is 11.3 Å². The lowest BCUT2D eigenvalue weighted by molar-refractivity contribution is -0.0779. The molecular formula is C27H38N2O5S. The van der Waals surface area contributed by atoms with Crippen molar-refractivity contribution in [3.05, 3.63) is 41.3 Å². The van der Waals surface area contributed by atoms with Crippen LogP contribution in [-0.4, -0.2) is 71.0 Å². The molecule has 0 bridgehead atoms. The number of morpholine rings is 1. The summed E-state index contributed by atoms with van der Waals surface area (Å²) < 4.78 is 5.47. The average Bonchev–Trinajstić information content (AvgIpc) is 3.33. The molecule has 2 heterocycles. The quantitative estimate of drug-likeness (QED) is 0.435. The third-order valence-corrected chi connectivity index (χ3v) is 8.71. The summed E-state index contributed by atoms with van der Waals surface area (Å²) in [6.45, 7) is 6.54. The molecule has 4 rings (SSSR count). The molecular weight excluding hydrogens is 464 g/mol. The molecule has 0 radical (unpaired) electrons. The highest BCUT2D eigenvalue weighted by Gasteiger charge is 2.39. The molecule has 192 valence electrons. The Hall–Kier alpha value is -1.97. The summed E-state index contributed by atoms with van der Waals surface area (Å²) >= 11 is 1.22. The van der Waals surface area contributed by atoms with E-state index in [4.69, 9.17) is 4.74 Å². The Morgan fingerprint density at radius 1 is 1.14 bits per heavy atom. The van der Waals surface area contributed by atoms with Crippen molar-refractivity contribution in [1.82, 2.24) is 4.90 Å². The van der Waals surface area contributed by atoms with Gasteiger partial charge in [0.2, 0.25) is 0 Å². The Kier molecular flexibility index (Phi) is 8.83. The van der Waals surface area contributed by atoms with Crippen LogP contribution in [0.4, 0.5) is 5.69 Å². The van der Waals surface area contributed by atoms with Crippen molar-refractivity contribution in [3.8, 4) is 10.4 Å². The number of carbonyl (C=O) groups is 1. The predicted octanol–water partition coefficient (Wildman–Crippen LogP) is 4.49. The van der Waals surface area contributed by atoms with Crippen LogP contribution in [0.2, 0.25) is 0 Å². The number of carboxylic acids is 1. The summed E-state index contributed by atoms with van der Waals surface area (Å²) in [5.41, 5.74) is 1.43. The van der Waals surface area contributed by atoms with Gasteiger partial charge in [0.25, 0.3) is 0 Å². The minimum Gasteiger partial charge on any atom is -0.477 e. The Bertz CT molecular complexity index is 954. The number of thiophene rings is 1. The maximum atomic E-state index is 12.4. The zero-order valence-corrected chi connectivity index (χ0v) is 21.5. The zero-order chi connectivity index (χ0) is 24.9. The normalized spacial score (nSPS) is 24.0. The van der Waals surface area contributed by atoms with Crippen LogP contribution in [-0.2, 0) is 4.74 Å². The lowest BCUT2D eigenvalue weighted by Gasteiger charge is -2.46. The Balaban J connectivity index is 1.76. The van der Waals surface area contributed by atoms with Gasteiger partial charge in [0.1, 0.15) is 17.3 Å². The summed E-state index contributed by atoms with van der Waals surface area (Å²) in [4.78, 5) is 17.2. The van der Waals surface area contributed by atoms with Gasteiger partial charge in [-0.3, -0.25) is 4.90 Å². The van der Waals surface area contributed by atoms with E-state index in [1.165, 1.54) is 11.3 Å². The number of aromatic carboxylic acids is 1. The highest BCUT2D eigenvalue weighted by atomic mass is 32.1. The third kappa shape index (κ3) is 5.89. The molecule has 1 saturated carbocycles. The van der Waals surface area contributed by atoms with Crippen LogP contribution in [0, 0.1) is 11.8 Å². The number of hydrogen-bond acceptors (Lipinski definition) is 7. The first-order valence-corrected chi connectivity index (χ1v) is 13.6. The first-order chi connectivity index (χ1) is 16.9. The Labute approximate surface area is 211 Å². The van der Waals surface area contributed by atoms with Crippen molar-refractivity contribution in [1.29, 1.82) is 0 Å². The number of hydrogen-bond donors (Lipinski definition) is 3. The summed E-state index contributed by atoms with van der Waals surface area (Å²) in [6.07, 6.45) is 2.71. The van der Waals surface area contributed by atoms with E-state index in [2.05, 4.69) is 6.92 Å². The minimum atomic E-state index is -1.02. The minimum absolute atomic E-state index is 0.0267. The molecule has 0 spiro atoms. The fourth-order valence-corrected chi connectivity index (χ4v) is 6.44. The van der Waals surface area contributed by atoms with Gasteiger partial charge in [0, 0.05) is 23.9 Å². The van der Waals surface area contributed by atoms with Crippen molar-refractivity contribution < 1.29 is 24.9 Å². The lowest BCUT2D eigenvalue weighted by atomic mass is 9.81. The van der Waals surface area contributed by atoms with Crippen LogP contribution >= 0.6 is 11.3 Å². The molecule has 8 heteroatoms. The van der Waals surface area contributed by atoms with Gasteiger partial charge in [-0.1, -0.05) is 57.0 Å². The molecule has 2 aliphatic rings. The van der Waals surface area contributed by atoms with E-state index < -0.39 is 24.5 Å². The van der Waals surface area contributed by atoms with Crippen LogP contribution in [0.25, 0.3) is 10.4 Å². The lowest BCUT2D eigenvalue weighted by Crippen LogP contribution is -2.58. The average molecular weight is 503 g/mol. The van der Waals surface area contributed by atoms with Crippen LogP contribution in [0.15, 0.2) is 36.4 Å². The van der Waals surface area contributed by atoms with Gasteiger partial charge in [-0.25, -0.2) is 4.79 Å². The molecule has 0 amide bonds. The van der Waals surface area contributed by atoms with Crippen LogP contribution in [0.1, 0.15) is 55.6 Å². The maximum Gasteiger partial charge on any atom is 0.348 e. The van der Waals surface area contributed by atoms with Gasteiger partial charge >= 0.3 is 5.97 Å². The highest BCUT2D eigenvalue weighted by molar-refractivity contribution is 7.18. The summed E-state index contributed by atoms with van der Waals surface area (Å²) in [7, 11) is 0. The smallest absolute Gasteiger partial charge is 0.348 e. The molecule has 1 aliphatic carbocycles. The maximum absolute atomic E-state index is 12.4. The van der Waals surface area contributed by atoms with Crippen molar-refractivity contribution >= 4 is 23.0 Å². The first-order valence-electron chi connectivity index (χ1n) is 12.8. The summed E-state index contributed by atoms with van der Waals surface area (Å²) in [5, 5.41) is 33.4. The number of nitrogens with zero attached hydrogens (tertiary/aromatic N) is 2. The molecule has 1 aliphatic heterocycles. The highest BCUT2D eigenvalue weighted by Crippen LogP contribution is 2.42. The summed E-state index contributed by atoms with van der Waals surface area (Å²) in [5.74, 6) is -0.357. The first kappa shape index (κ1) is 26.1. The van der Waals surface area contributed by atoms with Crippen molar-refractivity contribution in [2.75, 3.05) is 31.2 Å². The van der Waals surface area contributed by atoms with Crippen molar-refractivity contribution in [2.24, 2.45) is 11.8 Å². The van der Waals surface area contributed by atoms with E-state index in [1.807, 2.05) is 53.1 Å². The van der Waals surface area contributed by atoms with E-state index in [0.717, 1.165) is 36.1 Å². The molecule has 1 aromatic carbocycles. The number of rotatable bonds is 9. The number of aliphatic hydroxyl groups is 2. The number of benzene rings is 1. The molecule has 2 aromatic rings. The standard InChI is InChI=1S/C27H38N2O5S/c1-3-21(26(31)28-13-15-34-16-14-28)29(25(30)20-11-9-18(2)10-12-20)22-17-23(35-24(22)27(32)33)19-7-5-4-6-8-19/h4-8,17-18,20-21,25-26,30-31H,3,9-16H2,1-2H3,(H,32,33). The molecule has 1 saturated heterocycles. The molecule has 3 unspecified atom stereocenters. The van der Waals surface area contributed by atoms with E-state index >= 15 is 0 Å². The fourth-order valence-electron chi connectivity index (χ4n) is 5.44. The molecule has 3 atom stereocenters. The number of aliphatic hydroxyl groups excluding tert-OH is 2. The molecule has 1 aromatic heterocycles. The van der Waals surface area contributed by atoms with Gasteiger partial charge in [-0.05, 0) is 36.8 Å². The zero-order valence-electron chi connectivity index (χ0n) is 20.7. The van der Waals surface area contributed by atoms with Crippen LogP contribution < -0.4 is 4.90 Å². The van der Waals surface area contributed by atoms with Crippen molar-refractivity contribution in [3.63, 3.8) is 0 Å². The van der Waals surface area contributed by atoms with Gasteiger partial charge in [-0.2, -0.15) is 0 Å². The molecule has 3 N–H and O–H groups in total. The van der Waals surface area contributed by atoms with Gasteiger partial charge in [0.15, 0.2) is 0 Å². The van der Waals surface area contributed by atoms with Crippen LogP contribution in [0.5, 0.6) is 0 Å². The number of anilines is 1. The predicted molar refractivity (Wildman–Crippen MR) is 139 cm³/mol. The number of carboxylic acid groups (broad SMARTS) is 1. The number of ether oxygens (including phenoxy) is 1. The van der Waals surface area contributed by atoms with E-state index in [1.54, 1.807) is 0 Å². The largest absolute Gasteiger partial charge is 0.477 e. The van der Waals surface area contributed by atoms with E-state index in [0.29, 0.717) is 44.3 Å². The Morgan fingerprint density at radius 2 is 1.80 bits per heavy atom. The van der Waals surface area contributed by atoms with E-state index in [-0.39, 0.29) is 10.8 Å². The molecule has 35 heavy (non-hydrogen) atoms. The Morgan fingerprint density at radius 3 is 2.40 bits per heavy atom. The monoisotopic (exact) mass is 502 g/mol. The topological polar surface area (TPSA) is 93.5 Å². The second-order valence-electron chi connectivity index (χ2n) is 9.87. The van der Waals surface area contributed by atoms with Gasteiger partial charge < -0.3 is 25.0 Å². The van der Waals surface area contributed by atoms with Gasteiger partial charge in [0.05, 0.1) is 24.9 Å². The third-order valence-electron chi connectivity index (χ3n) is 7.55. The summed E-state index contributed by atoms with van der Waals surface area (Å²) in [6, 6.07) is 11.1. The second kappa shape index (κ2) is 11.8. The SMILES string of the molecule is CCC(C(O)N1CCOCC1)N(c1cc(-c2ccccc2)sc1C(=O)O)C(O)C1CCC(C)CC1. The van der Waals surface area contributed by atoms with E-state index in [9.17, 15) is 20.1 Å². The fraction of sp³-hybridized carbons (Fsp3) is 0.593. The molecule has 7 nitrogen and oxygen atoms in total. The van der Waals surface area contributed by atoms with Crippen molar-refractivity contribution in [2.45, 2.75) is 64.4 Å². The van der Waals surface area contributed by atoms with Crippen LogP contribution in [0.3, 0.4) is 0 Å².